The molecule has 0 heterocycles. The Balaban J connectivity index is 1.79. The number of hydrogen-bond donors (Lipinski definition) is 1. The molecule has 1 fully saturated rings. The molecule has 0 aliphatic heterocycles. The molecule has 0 spiro atoms. The third kappa shape index (κ3) is 5.11. The summed E-state index contributed by atoms with van der Waals surface area (Å²) >= 11 is 6.54. The van der Waals surface area contributed by atoms with E-state index in [4.69, 9.17) is 4.74 Å². The fourth-order valence-corrected chi connectivity index (χ4v) is 4.25. The SMILES string of the molecule is O=S(=O)(NCCCOCC1CC1)c1cc(Br)ccc1Br. The van der Waals surface area contributed by atoms with E-state index in [1.54, 1.807) is 18.2 Å². The molecular weight excluding hydrogens is 410 g/mol. The van der Waals surface area contributed by atoms with Crippen LogP contribution in [0.5, 0.6) is 0 Å². The summed E-state index contributed by atoms with van der Waals surface area (Å²) in [7, 11) is -3.49. The lowest BCUT2D eigenvalue weighted by Crippen LogP contribution is -2.26. The number of halogens is 2. The Hall–Kier alpha value is 0.0500. The maximum atomic E-state index is 12.2. The maximum absolute atomic E-state index is 12.2. The monoisotopic (exact) mass is 425 g/mol. The Labute approximate surface area is 136 Å². The molecular formula is C13H17Br2NO3S. The van der Waals surface area contributed by atoms with Crippen molar-refractivity contribution in [2.45, 2.75) is 24.2 Å². The summed E-state index contributed by atoms with van der Waals surface area (Å²) in [5.41, 5.74) is 0. The molecule has 1 aliphatic carbocycles. The van der Waals surface area contributed by atoms with Gasteiger partial charge in [0.2, 0.25) is 10.0 Å². The second-order valence-corrected chi connectivity index (χ2v) is 8.35. The highest BCUT2D eigenvalue weighted by molar-refractivity contribution is 9.11. The molecule has 7 heteroatoms. The van der Waals surface area contributed by atoms with Crippen molar-refractivity contribution in [1.29, 1.82) is 0 Å². The Morgan fingerprint density at radius 3 is 2.75 bits per heavy atom. The van der Waals surface area contributed by atoms with Crippen molar-refractivity contribution in [2.24, 2.45) is 5.92 Å². The van der Waals surface area contributed by atoms with Gasteiger partial charge in [-0.2, -0.15) is 0 Å². The maximum Gasteiger partial charge on any atom is 0.241 e. The van der Waals surface area contributed by atoms with Crippen LogP contribution in [-0.2, 0) is 14.8 Å². The van der Waals surface area contributed by atoms with Crippen LogP contribution in [0.15, 0.2) is 32.0 Å². The van der Waals surface area contributed by atoms with Crippen LogP contribution in [0.2, 0.25) is 0 Å². The zero-order valence-corrected chi connectivity index (χ0v) is 14.9. The zero-order valence-electron chi connectivity index (χ0n) is 10.9. The van der Waals surface area contributed by atoms with E-state index in [1.807, 2.05) is 0 Å². The summed E-state index contributed by atoms with van der Waals surface area (Å²) in [6.45, 7) is 1.79. The first-order chi connectivity index (χ1) is 9.49. The fourth-order valence-electron chi connectivity index (χ4n) is 1.68. The van der Waals surface area contributed by atoms with E-state index in [9.17, 15) is 8.42 Å². The van der Waals surface area contributed by atoms with Crippen LogP contribution in [0.4, 0.5) is 0 Å². The van der Waals surface area contributed by atoms with E-state index in [0.29, 0.717) is 24.0 Å². The van der Waals surface area contributed by atoms with Crippen LogP contribution >= 0.6 is 31.9 Å². The van der Waals surface area contributed by atoms with E-state index in [2.05, 4.69) is 36.6 Å². The van der Waals surface area contributed by atoms with Crippen LogP contribution in [0.25, 0.3) is 0 Å². The number of sulfonamides is 1. The quantitative estimate of drug-likeness (QED) is 0.648. The number of benzene rings is 1. The van der Waals surface area contributed by atoms with Crippen LogP contribution in [0.1, 0.15) is 19.3 Å². The van der Waals surface area contributed by atoms with E-state index >= 15 is 0 Å². The van der Waals surface area contributed by atoms with Gasteiger partial charge in [-0.15, -0.1) is 0 Å². The predicted octanol–water partition coefficient (Wildman–Crippen LogP) is 3.31. The average molecular weight is 427 g/mol. The molecule has 0 bridgehead atoms. The molecule has 0 atom stereocenters. The minimum absolute atomic E-state index is 0.241. The molecule has 1 aromatic carbocycles. The smallest absolute Gasteiger partial charge is 0.241 e. The highest BCUT2D eigenvalue weighted by Gasteiger charge is 2.21. The first-order valence-electron chi connectivity index (χ1n) is 6.51. The lowest BCUT2D eigenvalue weighted by molar-refractivity contribution is 0.123. The van der Waals surface area contributed by atoms with Gasteiger partial charge < -0.3 is 4.74 Å². The lowest BCUT2D eigenvalue weighted by atomic mass is 10.4. The highest BCUT2D eigenvalue weighted by atomic mass is 79.9. The van der Waals surface area contributed by atoms with Crippen molar-refractivity contribution >= 4 is 41.9 Å². The first kappa shape index (κ1) is 16.4. The van der Waals surface area contributed by atoms with Crippen molar-refractivity contribution in [1.82, 2.24) is 4.72 Å². The van der Waals surface area contributed by atoms with Crippen LogP contribution in [0, 0.1) is 5.92 Å². The van der Waals surface area contributed by atoms with Crippen molar-refractivity contribution < 1.29 is 13.2 Å². The van der Waals surface area contributed by atoms with E-state index in [1.165, 1.54) is 12.8 Å². The summed E-state index contributed by atoms with van der Waals surface area (Å²) in [4.78, 5) is 0.241. The number of nitrogens with one attached hydrogen (secondary N) is 1. The normalized spacial score (nSPS) is 15.5. The van der Waals surface area contributed by atoms with Gasteiger partial charge in [-0.25, -0.2) is 13.1 Å². The van der Waals surface area contributed by atoms with Crippen LogP contribution in [0.3, 0.4) is 0 Å². The molecule has 1 N–H and O–H groups in total. The van der Waals surface area contributed by atoms with E-state index in [-0.39, 0.29) is 4.90 Å². The molecule has 0 amide bonds. The van der Waals surface area contributed by atoms with Gasteiger partial charge in [0.15, 0.2) is 0 Å². The minimum Gasteiger partial charge on any atom is -0.381 e. The molecule has 0 aromatic heterocycles. The standard InChI is InChI=1S/C13H17Br2NO3S/c14-11-4-5-12(15)13(8-11)20(17,18)16-6-1-7-19-9-10-2-3-10/h4-5,8,10,16H,1-3,6-7,9H2. The predicted molar refractivity (Wildman–Crippen MR) is 85.2 cm³/mol. The molecule has 2 rings (SSSR count). The molecule has 0 saturated heterocycles. The molecule has 112 valence electrons. The molecule has 20 heavy (non-hydrogen) atoms. The number of hydrogen-bond acceptors (Lipinski definition) is 3. The Morgan fingerprint density at radius 2 is 2.05 bits per heavy atom. The zero-order chi connectivity index (χ0) is 14.6. The van der Waals surface area contributed by atoms with Crippen molar-refractivity contribution in [3.8, 4) is 0 Å². The van der Waals surface area contributed by atoms with E-state index in [0.717, 1.165) is 17.0 Å². The van der Waals surface area contributed by atoms with Gasteiger partial charge in [-0.1, -0.05) is 15.9 Å². The largest absolute Gasteiger partial charge is 0.381 e. The van der Waals surface area contributed by atoms with Crippen LogP contribution < -0.4 is 4.72 Å². The highest BCUT2D eigenvalue weighted by Crippen LogP contribution is 2.28. The topological polar surface area (TPSA) is 55.4 Å². The van der Waals surface area contributed by atoms with E-state index < -0.39 is 10.0 Å². The second kappa shape index (κ2) is 7.35. The molecule has 1 aromatic rings. The lowest BCUT2D eigenvalue weighted by Gasteiger charge is -2.09. The summed E-state index contributed by atoms with van der Waals surface area (Å²) in [6.07, 6.45) is 3.21. The summed E-state index contributed by atoms with van der Waals surface area (Å²) in [5, 5.41) is 0. The van der Waals surface area contributed by atoms with Gasteiger partial charge in [0.05, 0.1) is 4.90 Å². The molecule has 0 unspecified atom stereocenters. The first-order valence-corrected chi connectivity index (χ1v) is 9.58. The Morgan fingerprint density at radius 1 is 1.30 bits per heavy atom. The van der Waals surface area contributed by atoms with Crippen molar-refractivity contribution in [2.75, 3.05) is 19.8 Å². The van der Waals surface area contributed by atoms with Gasteiger partial charge in [-0.3, -0.25) is 0 Å². The van der Waals surface area contributed by atoms with Crippen molar-refractivity contribution in [3.63, 3.8) is 0 Å². The fraction of sp³-hybridized carbons (Fsp3) is 0.538. The Kier molecular flexibility index (Phi) is 6.04. The molecule has 0 radical (unpaired) electrons. The second-order valence-electron chi connectivity index (χ2n) is 4.84. The number of rotatable bonds is 8. The Bertz CT molecular complexity index is 559. The third-order valence-electron chi connectivity index (χ3n) is 2.99. The number of ether oxygens (including phenoxy) is 1. The van der Waals surface area contributed by atoms with Gasteiger partial charge in [-0.05, 0) is 59.3 Å². The third-order valence-corrected chi connectivity index (χ3v) is 5.94. The van der Waals surface area contributed by atoms with Crippen molar-refractivity contribution in [3.05, 3.63) is 27.1 Å². The summed E-state index contributed by atoms with van der Waals surface area (Å²) in [6, 6.07) is 5.07. The summed E-state index contributed by atoms with van der Waals surface area (Å²) in [5.74, 6) is 0.740. The van der Waals surface area contributed by atoms with Gasteiger partial charge in [0.25, 0.3) is 0 Å². The molecule has 1 aliphatic rings. The minimum atomic E-state index is -3.49. The van der Waals surface area contributed by atoms with Gasteiger partial charge >= 0.3 is 0 Å². The summed E-state index contributed by atoms with van der Waals surface area (Å²) < 4.78 is 33.6. The molecule has 4 nitrogen and oxygen atoms in total. The van der Waals surface area contributed by atoms with Crippen LogP contribution in [-0.4, -0.2) is 28.2 Å². The molecule has 1 saturated carbocycles. The average Bonchev–Trinajstić information content (AvgIpc) is 3.20. The van der Waals surface area contributed by atoms with Gasteiger partial charge in [0.1, 0.15) is 0 Å². The van der Waals surface area contributed by atoms with Gasteiger partial charge in [0, 0.05) is 28.7 Å².